The Hall–Kier alpha value is -3.42. The molecule has 0 aliphatic heterocycles. The van der Waals surface area contributed by atoms with Gasteiger partial charge in [0.1, 0.15) is 0 Å². The standard InChI is InChI=1S/C24H20N4O2S/c1-16-8-7-11-18(14-16)27-22(30)19-12-5-6-13-20(19)28-23(27)25-26-24(28)31-15-21(29)17-9-3-2-4-10-17/h2-14,21,29H,15H2,1H3/t21-/m1/s1. The fourth-order valence-corrected chi connectivity index (χ4v) is 4.60. The Morgan fingerprint density at radius 2 is 1.74 bits per heavy atom. The zero-order valence-electron chi connectivity index (χ0n) is 16.8. The SMILES string of the molecule is Cc1cccc(-n2c(=O)c3ccccc3n3c(SC[C@@H](O)c4ccccc4)nnc23)c1. The molecule has 154 valence electrons. The molecule has 0 spiro atoms. The van der Waals surface area contributed by atoms with Gasteiger partial charge in [-0.15, -0.1) is 10.2 Å². The van der Waals surface area contributed by atoms with E-state index in [1.54, 1.807) is 4.57 Å². The van der Waals surface area contributed by atoms with Gasteiger partial charge in [-0.3, -0.25) is 9.20 Å². The number of aliphatic hydroxyl groups excluding tert-OH is 1. The second-order valence-corrected chi connectivity index (χ2v) is 8.34. The van der Waals surface area contributed by atoms with Gasteiger partial charge in [0.05, 0.1) is 22.7 Å². The van der Waals surface area contributed by atoms with E-state index in [-0.39, 0.29) is 5.56 Å². The molecule has 5 rings (SSSR count). The maximum absolute atomic E-state index is 13.3. The van der Waals surface area contributed by atoms with Crippen molar-refractivity contribution in [3.8, 4) is 5.69 Å². The monoisotopic (exact) mass is 428 g/mol. The van der Waals surface area contributed by atoms with E-state index in [2.05, 4.69) is 10.2 Å². The minimum Gasteiger partial charge on any atom is -0.388 e. The maximum atomic E-state index is 13.3. The highest BCUT2D eigenvalue weighted by molar-refractivity contribution is 7.99. The van der Waals surface area contributed by atoms with Gasteiger partial charge in [0.2, 0.25) is 5.78 Å². The Morgan fingerprint density at radius 1 is 0.968 bits per heavy atom. The minimum atomic E-state index is -0.632. The quantitative estimate of drug-likeness (QED) is 0.426. The minimum absolute atomic E-state index is 0.137. The van der Waals surface area contributed by atoms with Gasteiger partial charge >= 0.3 is 0 Å². The average Bonchev–Trinajstić information content (AvgIpc) is 3.22. The summed E-state index contributed by atoms with van der Waals surface area (Å²) in [5.41, 5.74) is 3.25. The first-order valence-corrected chi connectivity index (χ1v) is 10.9. The summed E-state index contributed by atoms with van der Waals surface area (Å²) in [4.78, 5) is 13.3. The molecule has 0 aliphatic carbocycles. The van der Waals surface area contributed by atoms with Crippen molar-refractivity contribution in [3.63, 3.8) is 0 Å². The van der Waals surface area contributed by atoms with Crippen LogP contribution in [0, 0.1) is 6.92 Å². The molecule has 3 aromatic carbocycles. The number of hydrogen-bond acceptors (Lipinski definition) is 5. The van der Waals surface area contributed by atoms with Crippen molar-refractivity contribution in [3.05, 3.63) is 100 Å². The van der Waals surface area contributed by atoms with Crippen LogP contribution in [0.1, 0.15) is 17.2 Å². The first-order chi connectivity index (χ1) is 15.1. The Labute approximate surface area is 182 Å². The van der Waals surface area contributed by atoms with Gasteiger partial charge in [-0.2, -0.15) is 0 Å². The van der Waals surface area contributed by atoms with E-state index in [1.165, 1.54) is 11.8 Å². The van der Waals surface area contributed by atoms with Crippen LogP contribution in [-0.2, 0) is 0 Å². The molecule has 0 bridgehead atoms. The Balaban J connectivity index is 1.65. The molecule has 6 nitrogen and oxygen atoms in total. The molecule has 5 aromatic rings. The summed E-state index contributed by atoms with van der Waals surface area (Å²) in [5.74, 6) is 0.869. The van der Waals surface area contributed by atoms with E-state index < -0.39 is 6.10 Å². The molecule has 1 atom stereocenters. The molecule has 0 saturated carbocycles. The Kier molecular flexibility index (Phi) is 5.05. The topological polar surface area (TPSA) is 72.4 Å². The normalized spacial score (nSPS) is 12.5. The molecule has 0 radical (unpaired) electrons. The molecule has 2 heterocycles. The molecule has 0 unspecified atom stereocenters. The van der Waals surface area contributed by atoms with Crippen molar-refractivity contribution >= 4 is 28.4 Å². The highest BCUT2D eigenvalue weighted by Crippen LogP contribution is 2.27. The van der Waals surface area contributed by atoms with Gasteiger partial charge in [-0.05, 0) is 42.3 Å². The highest BCUT2D eigenvalue weighted by atomic mass is 32.2. The van der Waals surface area contributed by atoms with Gasteiger partial charge in [0.25, 0.3) is 5.56 Å². The van der Waals surface area contributed by atoms with Crippen molar-refractivity contribution in [2.75, 3.05) is 5.75 Å². The predicted octanol–water partition coefficient (Wildman–Crippen LogP) is 4.17. The third-order valence-electron chi connectivity index (χ3n) is 5.21. The molecular formula is C24H20N4O2S. The lowest BCUT2D eigenvalue weighted by Crippen LogP contribution is -2.22. The van der Waals surface area contributed by atoms with Gasteiger partial charge in [-0.1, -0.05) is 66.4 Å². The molecule has 31 heavy (non-hydrogen) atoms. The zero-order valence-corrected chi connectivity index (χ0v) is 17.7. The van der Waals surface area contributed by atoms with Crippen LogP contribution in [0.5, 0.6) is 0 Å². The summed E-state index contributed by atoms with van der Waals surface area (Å²) in [6.45, 7) is 1.99. The van der Waals surface area contributed by atoms with Crippen LogP contribution in [0.15, 0.2) is 88.8 Å². The number of rotatable bonds is 5. The zero-order chi connectivity index (χ0) is 21.4. The summed E-state index contributed by atoms with van der Waals surface area (Å²) in [6, 6.07) is 24.8. The lowest BCUT2D eigenvalue weighted by molar-refractivity contribution is 0.204. The summed E-state index contributed by atoms with van der Waals surface area (Å²) in [5, 5.41) is 20.5. The molecule has 0 fully saturated rings. The van der Waals surface area contributed by atoms with E-state index in [4.69, 9.17) is 0 Å². The van der Waals surface area contributed by atoms with Crippen molar-refractivity contribution < 1.29 is 5.11 Å². The third kappa shape index (κ3) is 3.52. The van der Waals surface area contributed by atoms with Crippen LogP contribution >= 0.6 is 11.8 Å². The predicted molar refractivity (Wildman–Crippen MR) is 123 cm³/mol. The number of hydrogen-bond donors (Lipinski definition) is 1. The van der Waals surface area contributed by atoms with Gasteiger partial charge in [0.15, 0.2) is 5.16 Å². The Morgan fingerprint density at radius 3 is 2.55 bits per heavy atom. The molecule has 2 aromatic heterocycles. The van der Waals surface area contributed by atoms with E-state index in [0.29, 0.717) is 22.1 Å². The Bertz CT molecular complexity index is 1440. The first-order valence-electron chi connectivity index (χ1n) is 9.95. The van der Waals surface area contributed by atoms with Crippen molar-refractivity contribution in [1.29, 1.82) is 0 Å². The van der Waals surface area contributed by atoms with Gasteiger partial charge in [0, 0.05) is 5.75 Å². The second kappa shape index (κ2) is 8.02. The fourth-order valence-electron chi connectivity index (χ4n) is 3.70. The van der Waals surface area contributed by atoms with E-state index >= 15 is 0 Å². The number of aryl methyl sites for hydroxylation is 1. The van der Waals surface area contributed by atoms with Crippen LogP contribution in [0.2, 0.25) is 0 Å². The third-order valence-corrected chi connectivity index (χ3v) is 6.21. The summed E-state index contributed by atoms with van der Waals surface area (Å²) in [6.07, 6.45) is -0.632. The molecule has 0 saturated heterocycles. The summed E-state index contributed by atoms with van der Waals surface area (Å²) in [7, 11) is 0. The smallest absolute Gasteiger partial charge is 0.267 e. The van der Waals surface area contributed by atoms with Crippen LogP contribution in [0.3, 0.4) is 0 Å². The molecule has 0 amide bonds. The number of aromatic nitrogens is 4. The number of para-hydroxylation sites is 1. The highest BCUT2D eigenvalue weighted by Gasteiger charge is 2.19. The molecule has 7 heteroatoms. The average molecular weight is 429 g/mol. The van der Waals surface area contributed by atoms with Crippen LogP contribution in [0.4, 0.5) is 0 Å². The van der Waals surface area contributed by atoms with E-state index in [0.717, 1.165) is 22.3 Å². The molecule has 1 N–H and O–H groups in total. The van der Waals surface area contributed by atoms with Crippen LogP contribution < -0.4 is 5.56 Å². The fraction of sp³-hybridized carbons (Fsp3) is 0.125. The lowest BCUT2D eigenvalue weighted by Gasteiger charge is -2.13. The van der Waals surface area contributed by atoms with Crippen LogP contribution in [0.25, 0.3) is 22.4 Å². The maximum Gasteiger partial charge on any atom is 0.267 e. The number of nitrogens with zero attached hydrogens (tertiary/aromatic N) is 4. The number of aliphatic hydroxyl groups is 1. The van der Waals surface area contributed by atoms with Crippen molar-refractivity contribution in [1.82, 2.24) is 19.2 Å². The number of benzene rings is 3. The lowest BCUT2D eigenvalue weighted by atomic mass is 10.1. The van der Waals surface area contributed by atoms with Crippen molar-refractivity contribution in [2.24, 2.45) is 0 Å². The molecule has 0 aliphatic rings. The van der Waals surface area contributed by atoms with Crippen molar-refractivity contribution in [2.45, 2.75) is 18.2 Å². The number of thioether (sulfide) groups is 1. The van der Waals surface area contributed by atoms with Gasteiger partial charge in [-0.25, -0.2) is 4.57 Å². The van der Waals surface area contributed by atoms with E-state index in [9.17, 15) is 9.90 Å². The van der Waals surface area contributed by atoms with E-state index in [1.807, 2.05) is 90.2 Å². The van der Waals surface area contributed by atoms with Gasteiger partial charge < -0.3 is 5.11 Å². The molecular weight excluding hydrogens is 408 g/mol. The van der Waals surface area contributed by atoms with Crippen LogP contribution in [-0.4, -0.2) is 30.0 Å². The largest absolute Gasteiger partial charge is 0.388 e. The first kappa shape index (κ1) is 19.5. The second-order valence-electron chi connectivity index (χ2n) is 7.35. The number of fused-ring (bicyclic) bond motifs is 3. The summed E-state index contributed by atoms with van der Waals surface area (Å²) >= 11 is 1.41. The summed E-state index contributed by atoms with van der Waals surface area (Å²) < 4.78 is 3.49.